The molecule has 0 fully saturated rings. The Labute approximate surface area is 92.7 Å². The van der Waals surface area contributed by atoms with Crippen LogP contribution in [0.4, 0.5) is 0 Å². The van der Waals surface area contributed by atoms with Crippen LogP contribution in [-0.2, 0) is 0 Å². The summed E-state index contributed by atoms with van der Waals surface area (Å²) in [6.45, 7) is 0. The monoisotopic (exact) mass is 271 g/mol. The van der Waals surface area contributed by atoms with Crippen molar-refractivity contribution in [2.45, 2.75) is 0 Å². The van der Waals surface area contributed by atoms with E-state index in [1.807, 2.05) is 24.3 Å². The van der Waals surface area contributed by atoms with E-state index in [0.717, 1.165) is 10.2 Å². The molecule has 0 unspecified atom stereocenters. The first-order chi connectivity index (χ1) is 6.68. The SMILES string of the molecule is O=c1[nH][nH]c(=S)n1-c1ccc(Br)cc1. The molecule has 0 spiro atoms. The molecule has 0 aliphatic heterocycles. The van der Waals surface area contributed by atoms with Crippen LogP contribution in [0.2, 0.25) is 0 Å². The number of hydrogen-bond donors (Lipinski definition) is 2. The Bertz CT molecular complexity index is 523. The predicted molar refractivity (Wildman–Crippen MR) is 59.3 cm³/mol. The summed E-state index contributed by atoms with van der Waals surface area (Å²) in [5.74, 6) is 0. The fraction of sp³-hybridized carbons (Fsp3) is 0. The number of nitrogens with zero attached hydrogens (tertiary/aromatic N) is 1. The minimum absolute atomic E-state index is 0.266. The van der Waals surface area contributed by atoms with Gasteiger partial charge in [-0.15, -0.1) is 0 Å². The van der Waals surface area contributed by atoms with Gasteiger partial charge in [0.25, 0.3) is 0 Å². The van der Waals surface area contributed by atoms with Gasteiger partial charge in [-0.2, -0.15) is 0 Å². The third kappa shape index (κ3) is 1.58. The van der Waals surface area contributed by atoms with Gasteiger partial charge >= 0.3 is 5.69 Å². The van der Waals surface area contributed by atoms with E-state index in [-0.39, 0.29) is 5.69 Å². The zero-order chi connectivity index (χ0) is 10.1. The van der Waals surface area contributed by atoms with Gasteiger partial charge < -0.3 is 0 Å². The molecule has 2 rings (SSSR count). The maximum absolute atomic E-state index is 11.3. The summed E-state index contributed by atoms with van der Waals surface area (Å²) in [5.41, 5.74) is 0.470. The fourth-order valence-electron chi connectivity index (χ4n) is 1.14. The van der Waals surface area contributed by atoms with E-state index in [1.54, 1.807) is 0 Å². The summed E-state index contributed by atoms with van der Waals surface area (Å²) in [6, 6.07) is 7.32. The van der Waals surface area contributed by atoms with Crippen LogP contribution >= 0.6 is 28.1 Å². The van der Waals surface area contributed by atoms with Crippen molar-refractivity contribution in [2.24, 2.45) is 0 Å². The molecule has 1 heterocycles. The lowest BCUT2D eigenvalue weighted by Gasteiger charge is -1.99. The molecule has 0 saturated carbocycles. The number of hydrogen-bond acceptors (Lipinski definition) is 2. The quantitative estimate of drug-likeness (QED) is 0.780. The second-order valence-corrected chi connectivity index (χ2v) is 3.97. The Morgan fingerprint density at radius 2 is 1.86 bits per heavy atom. The minimum Gasteiger partial charge on any atom is -0.272 e. The first kappa shape index (κ1) is 9.42. The van der Waals surface area contributed by atoms with Crippen LogP contribution in [0.25, 0.3) is 5.69 Å². The molecule has 2 N–H and O–H groups in total. The van der Waals surface area contributed by atoms with Crippen LogP contribution in [0.1, 0.15) is 0 Å². The number of benzene rings is 1. The van der Waals surface area contributed by atoms with E-state index in [2.05, 4.69) is 26.1 Å². The third-order valence-electron chi connectivity index (χ3n) is 1.77. The van der Waals surface area contributed by atoms with Crippen molar-refractivity contribution < 1.29 is 0 Å². The van der Waals surface area contributed by atoms with E-state index < -0.39 is 0 Å². The van der Waals surface area contributed by atoms with Crippen molar-refractivity contribution in [2.75, 3.05) is 0 Å². The Kier molecular flexibility index (Phi) is 2.39. The van der Waals surface area contributed by atoms with Gasteiger partial charge in [-0.3, -0.25) is 5.10 Å². The first-order valence-corrected chi connectivity index (χ1v) is 5.04. The van der Waals surface area contributed by atoms with E-state index in [0.29, 0.717) is 4.77 Å². The molecule has 6 heteroatoms. The predicted octanol–water partition coefficient (Wildman–Crippen LogP) is 1.99. The van der Waals surface area contributed by atoms with Crippen molar-refractivity contribution >= 4 is 28.1 Å². The zero-order valence-electron chi connectivity index (χ0n) is 6.95. The highest BCUT2D eigenvalue weighted by Gasteiger charge is 2.01. The highest BCUT2D eigenvalue weighted by atomic mass is 79.9. The average molecular weight is 272 g/mol. The Hall–Kier alpha value is -1.14. The van der Waals surface area contributed by atoms with Crippen molar-refractivity contribution in [3.63, 3.8) is 0 Å². The van der Waals surface area contributed by atoms with Gasteiger partial charge in [0, 0.05) is 4.47 Å². The summed E-state index contributed by atoms with van der Waals surface area (Å²) in [6.07, 6.45) is 0. The molecule has 4 nitrogen and oxygen atoms in total. The Morgan fingerprint density at radius 3 is 2.36 bits per heavy atom. The Balaban J connectivity index is 2.66. The third-order valence-corrected chi connectivity index (χ3v) is 2.58. The van der Waals surface area contributed by atoms with Crippen molar-refractivity contribution in [1.82, 2.24) is 14.8 Å². The van der Waals surface area contributed by atoms with Crippen LogP contribution in [0, 0.1) is 4.77 Å². The fourth-order valence-corrected chi connectivity index (χ4v) is 1.64. The van der Waals surface area contributed by atoms with E-state index in [1.165, 1.54) is 4.57 Å². The smallest absolute Gasteiger partial charge is 0.272 e. The second-order valence-electron chi connectivity index (χ2n) is 2.67. The molecule has 0 radical (unpaired) electrons. The standard InChI is InChI=1S/C8H6BrN3OS/c9-5-1-3-6(4-2-5)12-7(13)10-11-8(12)14/h1-4H,(H,10,13)(H,11,14). The highest BCUT2D eigenvalue weighted by Crippen LogP contribution is 2.12. The largest absolute Gasteiger partial charge is 0.347 e. The molecule has 72 valence electrons. The normalized spacial score (nSPS) is 10.4. The maximum Gasteiger partial charge on any atom is 0.347 e. The minimum atomic E-state index is -0.266. The van der Waals surface area contributed by atoms with Crippen molar-refractivity contribution in [3.05, 3.63) is 44.0 Å². The van der Waals surface area contributed by atoms with Crippen LogP contribution in [0.15, 0.2) is 33.5 Å². The molecule has 2 aromatic rings. The lowest BCUT2D eigenvalue weighted by Crippen LogP contribution is -2.14. The Morgan fingerprint density at radius 1 is 1.21 bits per heavy atom. The number of nitrogens with one attached hydrogen (secondary N) is 2. The average Bonchev–Trinajstić information content (AvgIpc) is 2.49. The lowest BCUT2D eigenvalue weighted by atomic mass is 10.3. The van der Waals surface area contributed by atoms with Gasteiger partial charge in [-0.1, -0.05) is 15.9 Å². The van der Waals surface area contributed by atoms with Gasteiger partial charge in [0.1, 0.15) is 0 Å². The number of aromatic amines is 2. The molecule has 14 heavy (non-hydrogen) atoms. The van der Waals surface area contributed by atoms with Crippen LogP contribution in [-0.4, -0.2) is 14.8 Å². The molecule has 0 saturated heterocycles. The van der Waals surface area contributed by atoms with Gasteiger partial charge in [0.15, 0.2) is 0 Å². The van der Waals surface area contributed by atoms with Gasteiger partial charge in [0.2, 0.25) is 4.77 Å². The first-order valence-electron chi connectivity index (χ1n) is 3.84. The van der Waals surface area contributed by atoms with Crippen LogP contribution in [0.5, 0.6) is 0 Å². The summed E-state index contributed by atoms with van der Waals surface area (Å²) < 4.78 is 2.71. The summed E-state index contributed by atoms with van der Waals surface area (Å²) >= 11 is 8.27. The molecular weight excluding hydrogens is 266 g/mol. The molecule has 1 aromatic heterocycles. The molecule has 0 aliphatic carbocycles. The summed E-state index contributed by atoms with van der Waals surface area (Å²) in [4.78, 5) is 11.3. The number of halogens is 1. The number of aromatic nitrogens is 3. The lowest BCUT2D eigenvalue weighted by molar-refractivity contribution is 0.975. The molecule has 0 bridgehead atoms. The zero-order valence-corrected chi connectivity index (χ0v) is 9.35. The molecular formula is C8H6BrN3OS. The van der Waals surface area contributed by atoms with Crippen LogP contribution in [0.3, 0.4) is 0 Å². The van der Waals surface area contributed by atoms with Gasteiger partial charge in [-0.05, 0) is 36.5 Å². The second kappa shape index (κ2) is 3.55. The van der Waals surface area contributed by atoms with E-state index in [9.17, 15) is 4.79 Å². The van der Waals surface area contributed by atoms with E-state index >= 15 is 0 Å². The van der Waals surface area contributed by atoms with Crippen molar-refractivity contribution in [3.8, 4) is 5.69 Å². The number of H-pyrrole nitrogens is 2. The summed E-state index contributed by atoms with van der Waals surface area (Å²) in [7, 11) is 0. The molecule has 0 aliphatic rings. The van der Waals surface area contributed by atoms with Gasteiger partial charge in [0.05, 0.1) is 5.69 Å². The summed E-state index contributed by atoms with van der Waals surface area (Å²) in [5, 5.41) is 5.00. The molecule has 0 atom stereocenters. The maximum atomic E-state index is 11.3. The highest BCUT2D eigenvalue weighted by molar-refractivity contribution is 9.10. The number of rotatable bonds is 1. The topological polar surface area (TPSA) is 53.6 Å². The van der Waals surface area contributed by atoms with Crippen LogP contribution < -0.4 is 5.69 Å². The van der Waals surface area contributed by atoms with Gasteiger partial charge in [-0.25, -0.2) is 14.5 Å². The molecule has 0 amide bonds. The van der Waals surface area contributed by atoms with E-state index in [4.69, 9.17) is 12.2 Å². The molecule has 1 aromatic carbocycles. The van der Waals surface area contributed by atoms with Crippen molar-refractivity contribution in [1.29, 1.82) is 0 Å².